The van der Waals surface area contributed by atoms with Crippen LogP contribution in [0.15, 0.2) is 77.2 Å². The van der Waals surface area contributed by atoms with Crippen molar-refractivity contribution < 1.29 is 8.81 Å². The number of nitrogens with zero attached hydrogens (tertiary/aromatic N) is 2. The van der Waals surface area contributed by atoms with Gasteiger partial charge in [-0.05, 0) is 42.8 Å². The highest BCUT2D eigenvalue weighted by molar-refractivity contribution is 6.33. The van der Waals surface area contributed by atoms with E-state index in [1.54, 1.807) is 18.2 Å². The molecule has 0 saturated heterocycles. The van der Waals surface area contributed by atoms with E-state index in [4.69, 9.17) is 16.0 Å². The zero-order chi connectivity index (χ0) is 19.5. The molecule has 0 radical (unpaired) electrons. The van der Waals surface area contributed by atoms with Gasteiger partial charge < -0.3 is 9.73 Å². The minimum Gasteiger partial charge on any atom is -0.418 e. The number of rotatable bonds is 5. The molecule has 0 bridgehead atoms. The van der Waals surface area contributed by atoms with Crippen LogP contribution in [-0.2, 0) is 0 Å². The van der Waals surface area contributed by atoms with Crippen LogP contribution in [0.25, 0.3) is 11.5 Å². The molecule has 4 aromatic rings. The molecular weight excluding hydrogens is 377 g/mol. The number of anilines is 1. The lowest BCUT2D eigenvalue weighted by Gasteiger charge is -2.18. The van der Waals surface area contributed by atoms with Crippen LogP contribution in [0, 0.1) is 12.7 Å². The van der Waals surface area contributed by atoms with Gasteiger partial charge in [0.25, 0.3) is 0 Å². The average Bonchev–Trinajstić information content (AvgIpc) is 3.19. The van der Waals surface area contributed by atoms with Crippen molar-refractivity contribution in [2.24, 2.45) is 0 Å². The Hall–Kier alpha value is -3.18. The fourth-order valence-electron chi connectivity index (χ4n) is 2.92. The summed E-state index contributed by atoms with van der Waals surface area (Å²) in [6, 6.07) is 20.8. The van der Waals surface area contributed by atoms with Crippen LogP contribution in [0.3, 0.4) is 0 Å². The summed E-state index contributed by atoms with van der Waals surface area (Å²) in [4.78, 5) is 0. The van der Waals surface area contributed by atoms with Crippen molar-refractivity contribution in [3.8, 4) is 11.5 Å². The fourth-order valence-corrected chi connectivity index (χ4v) is 3.21. The van der Waals surface area contributed by atoms with Crippen LogP contribution >= 0.6 is 11.6 Å². The van der Waals surface area contributed by atoms with Crippen molar-refractivity contribution in [2.75, 3.05) is 5.32 Å². The number of hydrogen-bond donors (Lipinski definition) is 1. The van der Waals surface area contributed by atoms with E-state index in [1.165, 1.54) is 6.07 Å². The zero-order valence-electron chi connectivity index (χ0n) is 15.1. The lowest BCUT2D eigenvalue weighted by molar-refractivity contribution is 0.485. The van der Waals surface area contributed by atoms with Gasteiger partial charge in [0.2, 0.25) is 11.8 Å². The van der Waals surface area contributed by atoms with Crippen molar-refractivity contribution in [1.82, 2.24) is 10.2 Å². The number of aryl methyl sites for hydroxylation is 1. The van der Waals surface area contributed by atoms with Crippen molar-refractivity contribution >= 4 is 17.3 Å². The molecule has 0 aliphatic rings. The van der Waals surface area contributed by atoms with E-state index in [9.17, 15) is 4.39 Å². The fraction of sp³-hybridized carbons (Fsp3) is 0.0909. The Morgan fingerprint density at radius 1 is 0.964 bits per heavy atom. The third-order valence-electron chi connectivity index (χ3n) is 4.35. The van der Waals surface area contributed by atoms with Gasteiger partial charge in [-0.15, -0.1) is 10.2 Å². The average molecular weight is 394 g/mol. The Balaban J connectivity index is 1.76. The summed E-state index contributed by atoms with van der Waals surface area (Å²) < 4.78 is 20.4. The summed E-state index contributed by atoms with van der Waals surface area (Å²) in [7, 11) is 0. The molecule has 0 amide bonds. The summed E-state index contributed by atoms with van der Waals surface area (Å²) in [5, 5.41) is 12.1. The Bertz CT molecular complexity index is 1100. The van der Waals surface area contributed by atoms with Crippen LogP contribution in [-0.4, -0.2) is 10.2 Å². The minimum absolute atomic E-state index is 0.251. The molecule has 140 valence electrons. The third kappa shape index (κ3) is 3.75. The maximum Gasteiger partial charge on any atom is 0.247 e. The molecule has 1 atom stereocenters. The Kier molecular flexibility index (Phi) is 5.08. The van der Waals surface area contributed by atoms with E-state index in [0.29, 0.717) is 22.2 Å². The molecule has 3 aromatic carbocycles. The van der Waals surface area contributed by atoms with Gasteiger partial charge in [-0.1, -0.05) is 54.1 Å². The van der Waals surface area contributed by atoms with E-state index in [0.717, 1.165) is 11.1 Å². The maximum absolute atomic E-state index is 14.6. The Morgan fingerprint density at radius 2 is 1.71 bits per heavy atom. The van der Waals surface area contributed by atoms with Gasteiger partial charge in [-0.2, -0.15) is 0 Å². The highest BCUT2D eigenvalue weighted by Crippen LogP contribution is 2.32. The maximum atomic E-state index is 14.6. The molecule has 0 fully saturated rings. The third-order valence-corrected chi connectivity index (χ3v) is 4.66. The molecular formula is C22H17ClFN3O. The molecule has 6 heteroatoms. The number of nitrogens with one attached hydrogen (secondary N) is 1. The first-order chi connectivity index (χ1) is 13.6. The number of hydrogen-bond acceptors (Lipinski definition) is 4. The summed E-state index contributed by atoms with van der Waals surface area (Å²) >= 11 is 6.37. The number of halogens is 2. The molecule has 0 saturated carbocycles. The van der Waals surface area contributed by atoms with Gasteiger partial charge in [0.1, 0.15) is 11.9 Å². The summed E-state index contributed by atoms with van der Waals surface area (Å²) in [6.45, 7) is 1.95. The quantitative estimate of drug-likeness (QED) is 0.449. The van der Waals surface area contributed by atoms with Crippen LogP contribution in [0.4, 0.5) is 10.1 Å². The van der Waals surface area contributed by atoms with Gasteiger partial charge in [0.15, 0.2) is 0 Å². The molecule has 0 spiro atoms. The molecule has 28 heavy (non-hydrogen) atoms. The topological polar surface area (TPSA) is 51.0 Å². The van der Waals surface area contributed by atoms with E-state index >= 15 is 0 Å². The van der Waals surface area contributed by atoms with Crippen molar-refractivity contribution in [1.29, 1.82) is 0 Å². The first-order valence-electron chi connectivity index (χ1n) is 8.78. The largest absolute Gasteiger partial charge is 0.418 e. The Labute approximate surface area is 167 Å². The van der Waals surface area contributed by atoms with Crippen molar-refractivity contribution in [3.05, 3.63) is 101 Å². The number of aromatic nitrogens is 2. The number of benzene rings is 3. The van der Waals surface area contributed by atoms with E-state index in [2.05, 4.69) is 15.5 Å². The predicted molar refractivity (Wildman–Crippen MR) is 108 cm³/mol. The van der Waals surface area contributed by atoms with Gasteiger partial charge in [-0.3, -0.25) is 0 Å². The van der Waals surface area contributed by atoms with Gasteiger partial charge in [0, 0.05) is 11.1 Å². The van der Waals surface area contributed by atoms with E-state index in [-0.39, 0.29) is 11.7 Å². The second-order valence-corrected chi connectivity index (χ2v) is 6.80. The van der Waals surface area contributed by atoms with Gasteiger partial charge in [-0.25, -0.2) is 4.39 Å². The molecule has 1 N–H and O–H groups in total. The Morgan fingerprint density at radius 3 is 2.46 bits per heavy atom. The second-order valence-electron chi connectivity index (χ2n) is 6.39. The summed E-state index contributed by atoms with van der Waals surface area (Å²) in [6.07, 6.45) is 0. The lowest BCUT2D eigenvalue weighted by Crippen LogP contribution is -2.15. The smallest absolute Gasteiger partial charge is 0.247 e. The molecule has 1 heterocycles. The zero-order valence-corrected chi connectivity index (χ0v) is 15.8. The highest BCUT2D eigenvalue weighted by Gasteiger charge is 2.25. The minimum atomic E-state index is -0.689. The van der Waals surface area contributed by atoms with Crippen LogP contribution < -0.4 is 5.32 Å². The first kappa shape index (κ1) is 18.2. The molecule has 0 aliphatic carbocycles. The van der Waals surface area contributed by atoms with E-state index in [1.807, 2.05) is 55.5 Å². The van der Waals surface area contributed by atoms with Crippen LogP contribution in [0.2, 0.25) is 5.02 Å². The second kappa shape index (κ2) is 7.82. The lowest BCUT2D eigenvalue weighted by atomic mass is 10.1. The molecule has 4 rings (SSSR count). The normalized spacial score (nSPS) is 12.0. The summed E-state index contributed by atoms with van der Waals surface area (Å²) in [5.41, 5.74) is 2.87. The van der Waals surface area contributed by atoms with Crippen LogP contribution in [0.5, 0.6) is 0 Å². The standard InChI is InChI=1S/C22H17ClFN3O/c1-14-11-12-19(17(23)13-14)25-20(16-9-5-6-10-18(16)24)22-27-26-21(28-22)15-7-3-2-4-8-15/h2-13,20,25H,1H3/t20-/m1/s1. The molecule has 0 aliphatic heterocycles. The highest BCUT2D eigenvalue weighted by atomic mass is 35.5. The first-order valence-corrected chi connectivity index (χ1v) is 9.15. The SMILES string of the molecule is Cc1ccc(N[C@@H](c2nnc(-c3ccccc3)o2)c2ccccc2F)c(Cl)c1. The van der Waals surface area contributed by atoms with Gasteiger partial charge in [0.05, 0.1) is 10.7 Å². The monoisotopic (exact) mass is 393 g/mol. The van der Waals surface area contributed by atoms with E-state index < -0.39 is 6.04 Å². The molecule has 1 aromatic heterocycles. The van der Waals surface area contributed by atoms with Crippen molar-refractivity contribution in [2.45, 2.75) is 13.0 Å². The van der Waals surface area contributed by atoms with Crippen LogP contribution in [0.1, 0.15) is 23.1 Å². The molecule has 4 nitrogen and oxygen atoms in total. The molecule has 0 unspecified atom stereocenters. The van der Waals surface area contributed by atoms with Crippen molar-refractivity contribution in [3.63, 3.8) is 0 Å². The summed E-state index contributed by atoms with van der Waals surface area (Å²) in [5.74, 6) is 0.247. The van der Waals surface area contributed by atoms with Gasteiger partial charge >= 0.3 is 0 Å². The predicted octanol–water partition coefficient (Wildman–Crippen LogP) is 6.04.